The number of H-pyrrole nitrogens is 1. The molecule has 0 atom stereocenters. The lowest BCUT2D eigenvalue weighted by atomic mass is 10.2. The first kappa shape index (κ1) is 17.2. The summed E-state index contributed by atoms with van der Waals surface area (Å²) in [7, 11) is 1.52. The first-order valence-electron chi connectivity index (χ1n) is 7.87. The first-order chi connectivity index (χ1) is 12.5. The van der Waals surface area contributed by atoms with E-state index in [4.69, 9.17) is 4.74 Å². The number of aromatic amines is 1. The highest BCUT2D eigenvalue weighted by atomic mass is 16.5. The summed E-state index contributed by atoms with van der Waals surface area (Å²) >= 11 is 0. The maximum Gasteiger partial charge on any atom is 0.333 e. The second-order valence-electron chi connectivity index (χ2n) is 5.67. The number of amides is 1. The highest BCUT2D eigenvalue weighted by molar-refractivity contribution is 6.03. The first-order valence-corrected chi connectivity index (χ1v) is 7.87. The van der Waals surface area contributed by atoms with Gasteiger partial charge in [-0.1, -0.05) is 17.7 Å². The molecule has 0 fully saturated rings. The standard InChI is InChI=1S/C19H17N3O4/c1-12-3-5-13(6-4-12)21-17(23)16-11-20-19(25)22(18(16)24)14-7-9-15(26-2)10-8-14/h3-11H,1-2H3,(H,20,25)(H,21,23). The largest absolute Gasteiger partial charge is 0.497 e. The summed E-state index contributed by atoms with van der Waals surface area (Å²) in [6.45, 7) is 1.93. The molecule has 26 heavy (non-hydrogen) atoms. The topological polar surface area (TPSA) is 93.2 Å². The van der Waals surface area contributed by atoms with E-state index in [-0.39, 0.29) is 5.56 Å². The fraction of sp³-hybridized carbons (Fsp3) is 0.105. The van der Waals surface area contributed by atoms with Crippen molar-refractivity contribution in [1.29, 1.82) is 0 Å². The van der Waals surface area contributed by atoms with Crippen LogP contribution in [0.25, 0.3) is 5.69 Å². The number of nitrogens with one attached hydrogen (secondary N) is 2. The zero-order valence-electron chi connectivity index (χ0n) is 14.3. The maximum absolute atomic E-state index is 12.7. The van der Waals surface area contributed by atoms with Crippen molar-refractivity contribution >= 4 is 11.6 Å². The van der Waals surface area contributed by atoms with E-state index in [1.807, 2.05) is 19.1 Å². The van der Waals surface area contributed by atoms with Crippen molar-refractivity contribution in [3.63, 3.8) is 0 Å². The number of aryl methyl sites for hydroxylation is 1. The second kappa shape index (κ2) is 7.10. The highest BCUT2D eigenvalue weighted by Gasteiger charge is 2.16. The molecule has 7 nitrogen and oxygen atoms in total. The maximum atomic E-state index is 12.7. The van der Waals surface area contributed by atoms with Gasteiger partial charge >= 0.3 is 5.69 Å². The molecular weight excluding hydrogens is 334 g/mol. The number of rotatable bonds is 4. The van der Waals surface area contributed by atoms with Crippen LogP contribution in [0.5, 0.6) is 5.75 Å². The quantitative estimate of drug-likeness (QED) is 0.753. The molecule has 0 unspecified atom stereocenters. The molecule has 1 amide bonds. The van der Waals surface area contributed by atoms with Gasteiger partial charge in [-0.3, -0.25) is 9.59 Å². The molecule has 3 rings (SSSR count). The Balaban J connectivity index is 1.98. The molecule has 0 saturated carbocycles. The molecule has 2 N–H and O–H groups in total. The molecule has 1 heterocycles. The van der Waals surface area contributed by atoms with Crippen molar-refractivity contribution in [3.05, 3.63) is 86.7 Å². The van der Waals surface area contributed by atoms with Gasteiger partial charge < -0.3 is 15.0 Å². The van der Waals surface area contributed by atoms with E-state index in [2.05, 4.69) is 10.3 Å². The van der Waals surface area contributed by atoms with Gasteiger partial charge in [-0.25, -0.2) is 9.36 Å². The van der Waals surface area contributed by atoms with Gasteiger partial charge in [0.25, 0.3) is 11.5 Å². The van der Waals surface area contributed by atoms with Crippen molar-refractivity contribution < 1.29 is 9.53 Å². The van der Waals surface area contributed by atoms with Gasteiger partial charge in [-0.05, 0) is 43.3 Å². The number of benzene rings is 2. The molecule has 0 radical (unpaired) electrons. The fourth-order valence-electron chi connectivity index (χ4n) is 2.44. The van der Waals surface area contributed by atoms with Gasteiger partial charge in [0, 0.05) is 11.9 Å². The van der Waals surface area contributed by atoms with Gasteiger partial charge in [-0.15, -0.1) is 0 Å². The zero-order valence-corrected chi connectivity index (χ0v) is 14.3. The minimum absolute atomic E-state index is 0.166. The number of methoxy groups -OCH3 is 1. The Morgan fingerprint density at radius 2 is 1.69 bits per heavy atom. The highest BCUT2D eigenvalue weighted by Crippen LogP contribution is 2.13. The fourth-order valence-corrected chi connectivity index (χ4v) is 2.44. The van der Waals surface area contributed by atoms with Crippen molar-refractivity contribution in [2.24, 2.45) is 0 Å². The van der Waals surface area contributed by atoms with Crippen LogP contribution in [0.15, 0.2) is 64.3 Å². The average Bonchev–Trinajstić information content (AvgIpc) is 2.64. The SMILES string of the molecule is COc1ccc(-n2c(=O)[nH]cc(C(=O)Nc3ccc(C)cc3)c2=O)cc1. The number of aromatic nitrogens is 2. The summed E-state index contributed by atoms with van der Waals surface area (Å²) < 4.78 is 5.97. The Bertz CT molecular complexity index is 1050. The lowest BCUT2D eigenvalue weighted by Gasteiger charge is -2.09. The number of carbonyl (C=O) groups is 1. The van der Waals surface area contributed by atoms with Gasteiger partial charge in [-0.2, -0.15) is 0 Å². The monoisotopic (exact) mass is 351 g/mol. The molecule has 132 valence electrons. The van der Waals surface area contributed by atoms with Gasteiger partial charge in [0.1, 0.15) is 11.3 Å². The molecule has 0 aliphatic heterocycles. The minimum atomic E-state index is -0.705. The van der Waals surface area contributed by atoms with E-state index >= 15 is 0 Å². The third kappa shape index (κ3) is 3.41. The summed E-state index contributed by atoms with van der Waals surface area (Å²) in [5.41, 5.74) is 0.440. The number of nitrogens with zero attached hydrogens (tertiary/aromatic N) is 1. The predicted molar refractivity (Wildman–Crippen MR) is 98.3 cm³/mol. The van der Waals surface area contributed by atoms with Crippen LogP contribution in [-0.2, 0) is 0 Å². The van der Waals surface area contributed by atoms with Crippen LogP contribution in [0.4, 0.5) is 5.69 Å². The lowest BCUT2D eigenvalue weighted by molar-refractivity contribution is 0.102. The smallest absolute Gasteiger partial charge is 0.333 e. The predicted octanol–water partition coefficient (Wildman–Crippen LogP) is 2.10. The third-order valence-electron chi connectivity index (χ3n) is 3.86. The normalized spacial score (nSPS) is 10.4. The molecule has 3 aromatic rings. The van der Waals surface area contributed by atoms with Crippen LogP contribution in [0.1, 0.15) is 15.9 Å². The summed E-state index contributed by atoms with van der Waals surface area (Å²) in [6, 6.07) is 13.5. The van der Waals surface area contributed by atoms with Crippen LogP contribution >= 0.6 is 0 Å². The van der Waals surface area contributed by atoms with Crippen molar-refractivity contribution in [1.82, 2.24) is 9.55 Å². The van der Waals surface area contributed by atoms with Gasteiger partial charge in [0.15, 0.2) is 0 Å². The molecule has 2 aromatic carbocycles. The van der Waals surface area contributed by atoms with Crippen LogP contribution < -0.4 is 21.3 Å². The Kier molecular flexibility index (Phi) is 4.70. The molecule has 0 saturated heterocycles. The molecule has 7 heteroatoms. The van der Waals surface area contributed by atoms with E-state index in [0.717, 1.165) is 16.3 Å². The van der Waals surface area contributed by atoms with Crippen LogP contribution in [0, 0.1) is 6.92 Å². The Hall–Kier alpha value is -3.61. The zero-order chi connectivity index (χ0) is 18.7. The van der Waals surface area contributed by atoms with Crippen LogP contribution in [0.2, 0.25) is 0 Å². The molecule has 0 bridgehead atoms. The van der Waals surface area contributed by atoms with Gasteiger partial charge in [0.2, 0.25) is 0 Å². The summed E-state index contributed by atoms with van der Waals surface area (Å²) in [6.07, 6.45) is 1.12. The van der Waals surface area contributed by atoms with E-state index in [1.54, 1.807) is 36.4 Å². The molecular formula is C19H17N3O4. The van der Waals surface area contributed by atoms with E-state index in [9.17, 15) is 14.4 Å². The molecule has 1 aromatic heterocycles. The van der Waals surface area contributed by atoms with E-state index < -0.39 is 17.2 Å². The Labute approximate surface area is 148 Å². The second-order valence-corrected chi connectivity index (χ2v) is 5.67. The Morgan fingerprint density at radius 1 is 1.04 bits per heavy atom. The lowest BCUT2D eigenvalue weighted by Crippen LogP contribution is -2.38. The number of hydrogen-bond donors (Lipinski definition) is 2. The van der Waals surface area contributed by atoms with E-state index in [1.165, 1.54) is 7.11 Å². The molecule has 0 aliphatic carbocycles. The minimum Gasteiger partial charge on any atom is -0.497 e. The molecule has 0 aliphatic rings. The van der Waals surface area contributed by atoms with Crippen molar-refractivity contribution in [2.45, 2.75) is 6.92 Å². The number of anilines is 1. The summed E-state index contributed by atoms with van der Waals surface area (Å²) in [5, 5.41) is 2.65. The van der Waals surface area contributed by atoms with Crippen LogP contribution in [-0.4, -0.2) is 22.6 Å². The van der Waals surface area contributed by atoms with Crippen molar-refractivity contribution in [3.8, 4) is 11.4 Å². The number of hydrogen-bond acceptors (Lipinski definition) is 4. The Morgan fingerprint density at radius 3 is 2.31 bits per heavy atom. The third-order valence-corrected chi connectivity index (χ3v) is 3.86. The van der Waals surface area contributed by atoms with Gasteiger partial charge in [0.05, 0.1) is 12.8 Å². The number of ether oxygens (including phenoxy) is 1. The van der Waals surface area contributed by atoms with E-state index in [0.29, 0.717) is 17.1 Å². The molecule has 0 spiro atoms. The summed E-state index contributed by atoms with van der Waals surface area (Å²) in [5.74, 6) is -0.0103. The average molecular weight is 351 g/mol. The number of carbonyl (C=O) groups excluding carboxylic acids is 1. The van der Waals surface area contributed by atoms with Crippen molar-refractivity contribution in [2.75, 3.05) is 12.4 Å². The summed E-state index contributed by atoms with van der Waals surface area (Å²) in [4.78, 5) is 39.7. The van der Waals surface area contributed by atoms with Crippen LogP contribution in [0.3, 0.4) is 0 Å².